The number of amides is 1. The van der Waals surface area contributed by atoms with Crippen LogP contribution in [0.15, 0.2) is 73.1 Å². The molecule has 0 atom stereocenters. The highest BCUT2D eigenvalue weighted by atomic mass is 16.2. The second-order valence-electron chi connectivity index (χ2n) is 10.1. The number of nitrogens with zero attached hydrogens (tertiary/aromatic N) is 4. The highest BCUT2D eigenvalue weighted by Crippen LogP contribution is 2.40. The molecule has 34 heavy (non-hydrogen) atoms. The summed E-state index contributed by atoms with van der Waals surface area (Å²) in [5.74, 6) is 0.422. The Morgan fingerprint density at radius 3 is 2.50 bits per heavy atom. The topological polar surface area (TPSA) is 64.7 Å². The van der Waals surface area contributed by atoms with Gasteiger partial charge in [-0.3, -0.25) is 14.2 Å². The van der Waals surface area contributed by atoms with E-state index < -0.39 is 0 Å². The van der Waals surface area contributed by atoms with Crippen LogP contribution < -0.4 is 5.32 Å². The molecular formula is C28H31N5O. The highest BCUT2D eigenvalue weighted by molar-refractivity contribution is 5.93. The van der Waals surface area contributed by atoms with Gasteiger partial charge in [0.1, 0.15) is 5.69 Å². The van der Waals surface area contributed by atoms with E-state index in [1.54, 1.807) is 6.20 Å². The van der Waals surface area contributed by atoms with E-state index in [1.807, 2.05) is 39.8 Å². The van der Waals surface area contributed by atoms with Crippen molar-refractivity contribution in [2.24, 2.45) is 0 Å². The van der Waals surface area contributed by atoms with Crippen molar-refractivity contribution in [2.75, 3.05) is 0 Å². The quantitative estimate of drug-likeness (QED) is 0.410. The molecule has 2 heterocycles. The lowest BCUT2D eigenvalue weighted by molar-refractivity contribution is 0.0932. The Hall–Kier alpha value is -3.67. The van der Waals surface area contributed by atoms with Gasteiger partial charge in [0.15, 0.2) is 0 Å². The first kappa shape index (κ1) is 22.1. The summed E-state index contributed by atoms with van der Waals surface area (Å²) >= 11 is 0. The van der Waals surface area contributed by atoms with Gasteiger partial charge in [-0.15, -0.1) is 0 Å². The molecule has 0 unspecified atom stereocenters. The predicted molar refractivity (Wildman–Crippen MR) is 134 cm³/mol. The van der Waals surface area contributed by atoms with Crippen molar-refractivity contribution in [3.63, 3.8) is 0 Å². The number of rotatable bonds is 7. The minimum Gasteiger partial charge on any atom is -0.347 e. The van der Waals surface area contributed by atoms with Crippen LogP contribution in [0.2, 0.25) is 0 Å². The van der Waals surface area contributed by atoms with Crippen molar-refractivity contribution < 1.29 is 4.79 Å². The fourth-order valence-electron chi connectivity index (χ4n) is 4.24. The SMILES string of the molecule is CC(C)(C)n1nc(C2CC2)cc1C(=O)NCc1ccccc1-c1ccc(Cn2cccn2)cc1. The van der Waals surface area contributed by atoms with Crippen molar-refractivity contribution in [3.05, 3.63) is 95.6 Å². The van der Waals surface area contributed by atoms with Crippen LogP contribution in [0.3, 0.4) is 0 Å². The van der Waals surface area contributed by atoms with Gasteiger partial charge in [-0.05, 0) is 68.0 Å². The van der Waals surface area contributed by atoms with E-state index >= 15 is 0 Å². The van der Waals surface area contributed by atoms with Gasteiger partial charge in [0.25, 0.3) is 5.91 Å². The minimum atomic E-state index is -0.254. The molecule has 1 fully saturated rings. The number of nitrogens with one attached hydrogen (secondary N) is 1. The molecule has 6 nitrogen and oxygen atoms in total. The molecule has 2 aromatic carbocycles. The van der Waals surface area contributed by atoms with Gasteiger partial charge in [-0.2, -0.15) is 10.2 Å². The summed E-state index contributed by atoms with van der Waals surface area (Å²) in [7, 11) is 0. The lowest BCUT2D eigenvalue weighted by atomic mass is 9.98. The summed E-state index contributed by atoms with van der Waals surface area (Å²) in [6, 6.07) is 20.7. The van der Waals surface area contributed by atoms with Gasteiger partial charge in [-0.25, -0.2) is 0 Å². The van der Waals surface area contributed by atoms with Crippen LogP contribution in [0.4, 0.5) is 0 Å². The van der Waals surface area contributed by atoms with Crippen LogP contribution in [0.5, 0.6) is 0 Å². The molecule has 1 saturated carbocycles. The molecule has 0 saturated heterocycles. The summed E-state index contributed by atoms with van der Waals surface area (Å²) in [4.78, 5) is 13.2. The van der Waals surface area contributed by atoms with Crippen LogP contribution in [0.1, 0.15) is 66.8 Å². The number of carbonyl (C=O) groups excluding carboxylic acids is 1. The zero-order chi connectivity index (χ0) is 23.7. The lowest BCUT2D eigenvalue weighted by Gasteiger charge is -2.22. The van der Waals surface area contributed by atoms with E-state index in [4.69, 9.17) is 5.10 Å². The van der Waals surface area contributed by atoms with Crippen LogP contribution in [0, 0.1) is 0 Å². The van der Waals surface area contributed by atoms with Gasteiger partial charge in [0, 0.05) is 24.9 Å². The van der Waals surface area contributed by atoms with E-state index in [1.165, 1.54) is 5.56 Å². The van der Waals surface area contributed by atoms with E-state index in [0.29, 0.717) is 18.2 Å². The van der Waals surface area contributed by atoms with Gasteiger partial charge in [0.2, 0.25) is 0 Å². The molecule has 4 aromatic rings. The van der Waals surface area contributed by atoms with Crippen molar-refractivity contribution in [2.45, 2.75) is 58.2 Å². The maximum Gasteiger partial charge on any atom is 0.269 e. The molecule has 0 bridgehead atoms. The molecule has 1 N–H and O–H groups in total. The smallest absolute Gasteiger partial charge is 0.269 e. The van der Waals surface area contributed by atoms with Gasteiger partial charge in [0.05, 0.1) is 17.8 Å². The molecule has 0 aliphatic heterocycles. The standard InChI is InChI=1S/C28H31N5O/c1-28(2,3)33-26(17-25(31-33)22-13-14-22)27(34)29-18-23-7-4-5-8-24(23)21-11-9-20(10-12-21)19-32-16-6-15-30-32/h4-12,15-17,22H,13-14,18-19H2,1-3H3,(H,29,34). The second kappa shape index (κ2) is 8.93. The summed E-state index contributed by atoms with van der Waals surface area (Å²) in [5.41, 5.74) is 5.95. The minimum absolute atomic E-state index is 0.0845. The summed E-state index contributed by atoms with van der Waals surface area (Å²) in [6.45, 7) is 7.45. The molecule has 1 aliphatic carbocycles. The van der Waals surface area contributed by atoms with Gasteiger partial charge in [-0.1, -0.05) is 48.5 Å². The molecule has 2 aromatic heterocycles. The summed E-state index contributed by atoms with van der Waals surface area (Å²) < 4.78 is 3.79. The van der Waals surface area contributed by atoms with Crippen LogP contribution in [0.25, 0.3) is 11.1 Å². The molecule has 1 amide bonds. The lowest BCUT2D eigenvalue weighted by Crippen LogP contribution is -2.32. The van der Waals surface area contributed by atoms with E-state index in [9.17, 15) is 4.79 Å². The Bertz CT molecular complexity index is 1280. The maximum absolute atomic E-state index is 13.2. The third-order valence-electron chi connectivity index (χ3n) is 6.22. The zero-order valence-electron chi connectivity index (χ0n) is 20.0. The number of hydrogen-bond donors (Lipinski definition) is 1. The van der Waals surface area contributed by atoms with Crippen LogP contribution in [-0.4, -0.2) is 25.5 Å². The fraction of sp³-hybridized carbons (Fsp3) is 0.321. The Kier molecular flexibility index (Phi) is 5.82. The van der Waals surface area contributed by atoms with Crippen molar-refractivity contribution >= 4 is 5.91 Å². The number of hydrogen-bond acceptors (Lipinski definition) is 3. The molecule has 1 aliphatic rings. The van der Waals surface area contributed by atoms with Gasteiger partial charge >= 0.3 is 0 Å². The Balaban J connectivity index is 1.32. The normalized spacial score (nSPS) is 13.7. The van der Waals surface area contributed by atoms with Crippen LogP contribution >= 0.6 is 0 Å². The Morgan fingerprint density at radius 2 is 1.82 bits per heavy atom. The monoisotopic (exact) mass is 453 g/mol. The molecule has 5 rings (SSSR count). The largest absolute Gasteiger partial charge is 0.347 e. The Labute approximate surface area is 200 Å². The first-order valence-electron chi connectivity index (χ1n) is 11.9. The Morgan fingerprint density at radius 1 is 1.06 bits per heavy atom. The van der Waals surface area contributed by atoms with Crippen LogP contribution in [-0.2, 0) is 18.6 Å². The van der Waals surface area contributed by atoms with Crippen molar-refractivity contribution in [1.29, 1.82) is 0 Å². The van der Waals surface area contributed by atoms with Crippen molar-refractivity contribution in [1.82, 2.24) is 24.9 Å². The van der Waals surface area contributed by atoms with Gasteiger partial charge < -0.3 is 5.32 Å². The number of aromatic nitrogens is 4. The first-order valence-corrected chi connectivity index (χ1v) is 11.9. The van der Waals surface area contributed by atoms with Crippen molar-refractivity contribution in [3.8, 4) is 11.1 Å². The number of carbonyl (C=O) groups is 1. The number of benzene rings is 2. The van der Waals surface area contributed by atoms with E-state index in [-0.39, 0.29) is 11.4 Å². The zero-order valence-corrected chi connectivity index (χ0v) is 20.0. The average Bonchev–Trinajstić information content (AvgIpc) is 3.35. The second-order valence-corrected chi connectivity index (χ2v) is 10.1. The summed E-state index contributed by atoms with van der Waals surface area (Å²) in [5, 5.41) is 12.2. The molecular weight excluding hydrogens is 422 g/mol. The maximum atomic E-state index is 13.2. The molecule has 0 radical (unpaired) electrons. The third-order valence-corrected chi connectivity index (χ3v) is 6.22. The average molecular weight is 454 g/mol. The fourth-order valence-corrected chi connectivity index (χ4v) is 4.24. The highest BCUT2D eigenvalue weighted by Gasteiger charge is 2.31. The first-order chi connectivity index (χ1) is 16.4. The molecule has 174 valence electrons. The van der Waals surface area contributed by atoms with E-state index in [2.05, 4.69) is 67.6 Å². The predicted octanol–water partition coefficient (Wildman–Crippen LogP) is 5.36. The third kappa shape index (κ3) is 4.81. The van der Waals surface area contributed by atoms with E-state index in [0.717, 1.165) is 41.8 Å². The molecule has 6 heteroatoms. The molecule has 0 spiro atoms. The summed E-state index contributed by atoms with van der Waals surface area (Å²) in [6.07, 6.45) is 6.08.